The van der Waals surface area contributed by atoms with Crippen LogP contribution < -0.4 is 0 Å². The van der Waals surface area contributed by atoms with Crippen molar-refractivity contribution in [3.05, 3.63) is 12.2 Å². The largest absolute Gasteiger partial charge is 0.472 e. The van der Waals surface area contributed by atoms with E-state index in [1.807, 2.05) is 21.1 Å². The predicted molar refractivity (Wildman–Crippen MR) is 88.9 cm³/mol. The normalized spacial score (nSPS) is 14.3. The zero-order valence-corrected chi connectivity index (χ0v) is 15.6. The molecule has 0 aromatic rings. The van der Waals surface area contributed by atoms with Crippen LogP contribution in [-0.2, 0) is 23.1 Å². The highest BCUT2D eigenvalue weighted by molar-refractivity contribution is 7.47. The number of nitrogens with zero attached hydrogens (tertiary/aromatic N) is 1. The first-order chi connectivity index (χ1) is 10.5. The molecule has 0 aliphatic heterocycles. The van der Waals surface area contributed by atoms with E-state index in [1.165, 1.54) is 0 Å². The van der Waals surface area contributed by atoms with Gasteiger partial charge in [0.25, 0.3) is 0 Å². The van der Waals surface area contributed by atoms with Crippen molar-refractivity contribution >= 4 is 13.8 Å². The number of likely N-dealkylation sites (N-methyl/N-ethyl adjacent to an activating group) is 1. The van der Waals surface area contributed by atoms with Crippen molar-refractivity contribution < 1.29 is 32.5 Å². The smallest absolute Gasteiger partial charge is 0.462 e. The van der Waals surface area contributed by atoms with E-state index in [1.54, 1.807) is 6.92 Å². The third-order valence-corrected chi connectivity index (χ3v) is 3.91. The van der Waals surface area contributed by atoms with Gasteiger partial charge in [0.2, 0.25) is 0 Å². The second-order valence-corrected chi connectivity index (χ2v) is 7.93. The average Bonchev–Trinajstić information content (AvgIpc) is 2.39. The van der Waals surface area contributed by atoms with Crippen molar-refractivity contribution in [2.45, 2.75) is 32.6 Å². The van der Waals surface area contributed by atoms with Gasteiger partial charge >= 0.3 is 13.8 Å². The first-order valence-corrected chi connectivity index (χ1v) is 9.28. The zero-order valence-electron chi connectivity index (χ0n) is 14.7. The molecular weight excluding hydrogens is 321 g/mol. The van der Waals surface area contributed by atoms with Crippen molar-refractivity contribution in [2.75, 3.05) is 47.5 Å². The fourth-order valence-corrected chi connectivity index (χ4v) is 2.24. The van der Waals surface area contributed by atoms with E-state index in [0.29, 0.717) is 29.6 Å². The molecule has 8 heteroatoms. The number of unbranched alkanes of at least 4 members (excludes halogenated alkanes) is 3. The molecule has 23 heavy (non-hydrogen) atoms. The van der Waals surface area contributed by atoms with Gasteiger partial charge in [-0.3, -0.25) is 9.05 Å². The number of phosphoric acid groups is 1. The van der Waals surface area contributed by atoms with Crippen molar-refractivity contribution in [2.24, 2.45) is 0 Å². The number of phosphoric ester groups is 1. The molecule has 0 spiro atoms. The van der Waals surface area contributed by atoms with Crippen LogP contribution in [0.2, 0.25) is 0 Å². The van der Waals surface area contributed by atoms with Gasteiger partial charge in [0.1, 0.15) is 13.2 Å². The Morgan fingerprint density at radius 2 is 1.57 bits per heavy atom. The van der Waals surface area contributed by atoms with Crippen LogP contribution in [0.25, 0.3) is 0 Å². The van der Waals surface area contributed by atoms with Crippen molar-refractivity contribution in [1.29, 1.82) is 0 Å². The molecule has 0 fully saturated rings. The molecule has 0 rings (SSSR count). The highest BCUT2D eigenvalue weighted by Crippen LogP contribution is 2.43. The molecular formula is C15H31NO6P+. The van der Waals surface area contributed by atoms with Crippen LogP contribution in [-0.4, -0.2) is 62.9 Å². The van der Waals surface area contributed by atoms with Crippen LogP contribution >= 0.6 is 7.82 Å². The van der Waals surface area contributed by atoms with E-state index in [0.717, 1.165) is 19.3 Å². The molecule has 0 saturated carbocycles. The van der Waals surface area contributed by atoms with E-state index >= 15 is 0 Å². The van der Waals surface area contributed by atoms with Gasteiger partial charge in [-0.2, -0.15) is 0 Å². The SMILES string of the molecule is C=C(C)C(=O)OCCCCCCOP(=O)(O)OCC[N+](C)(C)C. The second kappa shape index (κ2) is 10.9. The molecule has 0 aliphatic carbocycles. The van der Waals surface area contributed by atoms with Crippen LogP contribution in [0, 0.1) is 0 Å². The van der Waals surface area contributed by atoms with Gasteiger partial charge in [0.05, 0.1) is 34.4 Å². The van der Waals surface area contributed by atoms with Gasteiger partial charge in [-0.05, 0) is 26.2 Å². The second-order valence-electron chi connectivity index (χ2n) is 6.48. The molecule has 0 radical (unpaired) electrons. The minimum Gasteiger partial charge on any atom is -0.462 e. The fourth-order valence-electron chi connectivity index (χ4n) is 1.49. The van der Waals surface area contributed by atoms with E-state index in [-0.39, 0.29) is 19.2 Å². The summed E-state index contributed by atoms with van der Waals surface area (Å²) in [4.78, 5) is 20.6. The number of hydrogen-bond donors (Lipinski definition) is 1. The summed E-state index contributed by atoms with van der Waals surface area (Å²) in [5, 5.41) is 0. The first-order valence-electron chi connectivity index (χ1n) is 7.78. The van der Waals surface area contributed by atoms with Crippen LogP contribution in [0.4, 0.5) is 0 Å². The molecule has 1 atom stereocenters. The maximum absolute atomic E-state index is 11.6. The summed E-state index contributed by atoms with van der Waals surface area (Å²) in [6.07, 6.45) is 3.07. The van der Waals surface area contributed by atoms with E-state index < -0.39 is 7.82 Å². The lowest BCUT2D eigenvalue weighted by molar-refractivity contribution is -0.870. The van der Waals surface area contributed by atoms with Gasteiger partial charge < -0.3 is 14.1 Å². The van der Waals surface area contributed by atoms with Crippen LogP contribution in [0.15, 0.2) is 12.2 Å². The van der Waals surface area contributed by atoms with Gasteiger partial charge in [-0.25, -0.2) is 9.36 Å². The molecule has 0 aliphatic rings. The highest BCUT2D eigenvalue weighted by atomic mass is 31.2. The maximum Gasteiger partial charge on any atom is 0.472 e. The van der Waals surface area contributed by atoms with Crippen molar-refractivity contribution in [1.82, 2.24) is 0 Å². The molecule has 136 valence electrons. The monoisotopic (exact) mass is 352 g/mol. The van der Waals surface area contributed by atoms with E-state index in [9.17, 15) is 14.3 Å². The maximum atomic E-state index is 11.6. The zero-order chi connectivity index (χ0) is 17.9. The summed E-state index contributed by atoms with van der Waals surface area (Å²) < 4.78 is 27.0. The molecule has 7 nitrogen and oxygen atoms in total. The number of esters is 1. The lowest BCUT2D eigenvalue weighted by Gasteiger charge is -2.24. The fraction of sp³-hybridized carbons (Fsp3) is 0.800. The molecule has 0 bridgehead atoms. The van der Waals surface area contributed by atoms with Gasteiger partial charge in [-0.1, -0.05) is 13.0 Å². The Labute approximate surface area is 139 Å². The summed E-state index contributed by atoms with van der Waals surface area (Å²) in [5.41, 5.74) is 0.391. The Morgan fingerprint density at radius 1 is 1.04 bits per heavy atom. The lowest BCUT2D eigenvalue weighted by Crippen LogP contribution is -2.37. The average molecular weight is 352 g/mol. The summed E-state index contributed by atoms with van der Waals surface area (Å²) >= 11 is 0. The summed E-state index contributed by atoms with van der Waals surface area (Å²) in [5.74, 6) is -0.374. The molecule has 1 unspecified atom stereocenters. The Morgan fingerprint density at radius 3 is 2.09 bits per heavy atom. The highest BCUT2D eigenvalue weighted by Gasteiger charge is 2.21. The summed E-state index contributed by atoms with van der Waals surface area (Å²) in [6.45, 7) is 6.43. The Kier molecular flexibility index (Phi) is 10.6. The molecule has 0 amide bonds. The Balaban J connectivity index is 3.57. The molecule has 0 aromatic heterocycles. The van der Waals surface area contributed by atoms with Gasteiger partial charge in [0, 0.05) is 5.57 Å². The lowest BCUT2D eigenvalue weighted by atomic mass is 10.2. The predicted octanol–water partition coefficient (Wildman–Crippen LogP) is 2.51. The third kappa shape index (κ3) is 14.6. The minimum atomic E-state index is -3.95. The van der Waals surface area contributed by atoms with Crippen molar-refractivity contribution in [3.63, 3.8) is 0 Å². The first kappa shape index (κ1) is 22.3. The number of carbonyl (C=O) groups excluding carboxylic acids is 1. The number of rotatable bonds is 13. The number of hydrogen-bond acceptors (Lipinski definition) is 5. The summed E-state index contributed by atoms with van der Waals surface area (Å²) in [7, 11) is 1.96. The van der Waals surface area contributed by atoms with Crippen LogP contribution in [0.1, 0.15) is 32.6 Å². The van der Waals surface area contributed by atoms with Gasteiger partial charge in [-0.15, -0.1) is 0 Å². The Bertz CT molecular complexity index is 419. The molecule has 1 N–H and O–H groups in total. The van der Waals surface area contributed by atoms with Crippen LogP contribution in [0.3, 0.4) is 0 Å². The molecule has 0 saturated heterocycles. The topological polar surface area (TPSA) is 82.1 Å². The number of carbonyl (C=O) groups is 1. The summed E-state index contributed by atoms with van der Waals surface area (Å²) in [6, 6.07) is 0. The number of ether oxygens (including phenoxy) is 1. The molecule has 0 heterocycles. The third-order valence-electron chi connectivity index (χ3n) is 2.89. The standard InChI is InChI=1S/C15H30NO6P/c1-14(2)15(17)20-11-8-6-7-9-12-21-23(18,19)22-13-10-16(3,4)5/h1,6-13H2,2-5H3/p+1. The minimum absolute atomic E-state index is 0.170. The van der Waals surface area contributed by atoms with E-state index in [2.05, 4.69) is 6.58 Å². The quantitative estimate of drug-likeness (QED) is 0.180. The van der Waals surface area contributed by atoms with Crippen LogP contribution in [0.5, 0.6) is 0 Å². The van der Waals surface area contributed by atoms with E-state index in [4.69, 9.17) is 13.8 Å². The van der Waals surface area contributed by atoms with Crippen molar-refractivity contribution in [3.8, 4) is 0 Å². The van der Waals surface area contributed by atoms with Gasteiger partial charge in [0.15, 0.2) is 0 Å². The Hall–Kier alpha value is -0.720. The number of quaternary nitrogens is 1. The molecule has 0 aromatic carbocycles.